The summed E-state index contributed by atoms with van der Waals surface area (Å²) in [5.41, 5.74) is 0.366. The molecule has 4 nitrogen and oxygen atoms in total. The molecular formula is C8H9F2O4-. The number of hydrogen-bond acceptors (Lipinski definition) is 4. The second-order valence-corrected chi connectivity index (χ2v) is 2.73. The average molecular weight is 207 g/mol. The highest BCUT2D eigenvalue weighted by atomic mass is 19.3. The number of alkyl halides is 2. The van der Waals surface area contributed by atoms with Crippen molar-refractivity contribution in [2.24, 2.45) is 5.92 Å². The van der Waals surface area contributed by atoms with Gasteiger partial charge in [-0.15, -0.1) is 6.58 Å². The first-order chi connectivity index (χ1) is 6.34. The van der Waals surface area contributed by atoms with Crippen LogP contribution < -0.4 is 5.11 Å². The minimum Gasteiger partial charge on any atom is -0.549 e. The SMILES string of the molecule is C=C(C)CC(C(=O)[O-])C(=O)OC(F)F. The molecule has 0 spiro atoms. The zero-order chi connectivity index (χ0) is 11.3. The Kier molecular flexibility index (Phi) is 4.76. The molecule has 0 aliphatic rings. The van der Waals surface area contributed by atoms with Gasteiger partial charge in [-0.3, -0.25) is 4.79 Å². The third-order valence-corrected chi connectivity index (χ3v) is 1.33. The Morgan fingerprint density at radius 2 is 2.00 bits per heavy atom. The van der Waals surface area contributed by atoms with Crippen LogP contribution in [-0.4, -0.2) is 18.6 Å². The van der Waals surface area contributed by atoms with Crippen molar-refractivity contribution in [3.8, 4) is 0 Å². The third kappa shape index (κ3) is 4.54. The number of esters is 1. The molecule has 0 heterocycles. The normalized spacial score (nSPS) is 12.3. The van der Waals surface area contributed by atoms with Gasteiger partial charge in [-0.2, -0.15) is 8.78 Å². The number of carbonyl (C=O) groups is 2. The lowest BCUT2D eigenvalue weighted by Crippen LogP contribution is -2.38. The molecule has 0 aliphatic heterocycles. The summed E-state index contributed by atoms with van der Waals surface area (Å²) in [5, 5.41) is 10.4. The predicted octanol–water partition coefficient (Wildman–Crippen LogP) is 0.0845. The molecule has 0 bridgehead atoms. The first-order valence-corrected chi connectivity index (χ1v) is 3.68. The Hall–Kier alpha value is -1.46. The molecule has 14 heavy (non-hydrogen) atoms. The molecule has 0 aromatic heterocycles. The van der Waals surface area contributed by atoms with Gasteiger partial charge >= 0.3 is 12.6 Å². The van der Waals surface area contributed by atoms with E-state index in [0.29, 0.717) is 5.57 Å². The topological polar surface area (TPSA) is 66.4 Å². The summed E-state index contributed by atoms with van der Waals surface area (Å²) in [6.07, 6.45) is -0.270. The number of halogens is 2. The highest BCUT2D eigenvalue weighted by Gasteiger charge is 2.24. The summed E-state index contributed by atoms with van der Waals surface area (Å²) in [7, 11) is 0. The zero-order valence-electron chi connectivity index (χ0n) is 7.46. The fourth-order valence-electron chi connectivity index (χ4n) is 0.781. The Bertz CT molecular complexity index is 250. The minimum atomic E-state index is -3.32. The summed E-state index contributed by atoms with van der Waals surface area (Å²) in [6.45, 7) is 1.49. The molecule has 0 saturated carbocycles. The van der Waals surface area contributed by atoms with E-state index < -0.39 is 24.5 Å². The lowest BCUT2D eigenvalue weighted by molar-refractivity contribution is -0.311. The van der Waals surface area contributed by atoms with E-state index in [0.717, 1.165) is 0 Å². The number of carboxylic acids is 1. The second-order valence-electron chi connectivity index (χ2n) is 2.73. The maximum atomic E-state index is 11.6. The fourth-order valence-corrected chi connectivity index (χ4v) is 0.781. The largest absolute Gasteiger partial charge is 0.549 e. The quantitative estimate of drug-likeness (QED) is 0.364. The molecule has 0 amide bonds. The lowest BCUT2D eigenvalue weighted by Gasteiger charge is -2.16. The van der Waals surface area contributed by atoms with Gasteiger partial charge in [0, 0.05) is 0 Å². The monoisotopic (exact) mass is 207 g/mol. The molecule has 1 atom stereocenters. The van der Waals surface area contributed by atoms with E-state index in [1.165, 1.54) is 6.92 Å². The van der Waals surface area contributed by atoms with Crippen LogP contribution in [0.1, 0.15) is 13.3 Å². The van der Waals surface area contributed by atoms with Crippen LogP contribution >= 0.6 is 0 Å². The van der Waals surface area contributed by atoms with Crippen molar-refractivity contribution < 1.29 is 28.2 Å². The van der Waals surface area contributed by atoms with E-state index in [1.54, 1.807) is 0 Å². The summed E-state index contributed by atoms with van der Waals surface area (Å²) in [6, 6.07) is 0. The number of hydrogen-bond donors (Lipinski definition) is 0. The summed E-state index contributed by atoms with van der Waals surface area (Å²) in [5.74, 6) is -4.98. The smallest absolute Gasteiger partial charge is 0.389 e. The van der Waals surface area contributed by atoms with Crippen molar-refractivity contribution in [2.45, 2.75) is 20.0 Å². The standard InChI is InChI=1S/C8H10F2O4/c1-4(2)3-5(6(11)12)7(13)14-8(9)10/h5,8H,1,3H2,2H3,(H,11,12)/p-1. The van der Waals surface area contributed by atoms with E-state index in [2.05, 4.69) is 11.3 Å². The number of carboxylic acid groups (broad SMARTS) is 1. The van der Waals surface area contributed by atoms with Gasteiger partial charge in [0.2, 0.25) is 0 Å². The molecular weight excluding hydrogens is 198 g/mol. The van der Waals surface area contributed by atoms with Crippen molar-refractivity contribution in [2.75, 3.05) is 0 Å². The molecule has 0 aromatic carbocycles. The van der Waals surface area contributed by atoms with Crippen molar-refractivity contribution in [1.29, 1.82) is 0 Å². The van der Waals surface area contributed by atoms with E-state index in [1.807, 2.05) is 0 Å². The molecule has 6 heteroatoms. The molecule has 0 fully saturated rings. The van der Waals surface area contributed by atoms with E-state index >= 15 is 0 Å². The Balaban J connectivity index is 4.41. The van der Waals surface area contributed by atoms with Gasteiger partial charge in [0.05, 0.1) is 5.97 Å². The van der Waals surface area contributed by atoms with E-state index in [-0.39, 0.29) is 6.42 Å². The maximum absolute atomic E-state index is 11.6. The van der Waals surface area contributed by atoms with Crippen LogP contribution in [0.5, 0.6) is 0 Å². The van der Waals surface area contributed by atoms with Gasteiger partial charge < -0.3 is 14.6 Å². The first kappa shape index (κ1) is 12.5. The number of carbonyl (C=O) groups excluding carboxylic acids is 2. The molecule has 0 rings (SSSR count). The Morgan fingerprint density at radius 1 is 1.50 bits per heavy atom. The number of ether oxygens (including phenoxy) is 1. The second kappa shape index (κ2) is 5.31. The summed E-state index contributed by atoms with van der Waals surface area (Å²) in [4.78, 5) is 21.1. The van der Waals surface area contributed by atoms with Crippen LogP contribution in [0, 0.1) is 5.92 Å². The highest BCUT2D eigenvalue weighted by Crippen LogP contribution is 2.12. The third-order valence-electron chi connectivity index (χ3n) is 1.33. The summed E-state index contributed by atoms with van der Waals surface area (Å²) < 4.78 is 26.6. The van der Waals surface area contributed by atoms with E-state index in [4.69, 9.17) is 0 Å². The van der Waals surface area contributed by atoms with Gasteiger partial charge in [-0.05, 0) is 13.3 Å². The van der Waals surface area contributed by atoms with Crippen molar-refractivity contribution in [1.82, 2.24) is 0 Å². The van der Waals surface area contributed by atoms with Crippen LogP contribution in [0.15, 0.2) is 12.2 Å². The number of allylic oxidation sites excluding steroid dienone is 1. The zero-order valence-corrected chi connectivity index (χ0v) is 7.46. The van der Waals surface area contributed by atoms with Gasteiger partial charge in [0.25, 0.3) is 0 Å². The average Bonchev–Trinajstić information content (AvgIpc) is 1.97. The minimum absolute atomic E-state index is 0.270. The van der Waals surface area contributed by atoms with Crippen LogP contribution in [0.3, 0.4) is 0 Å². The van der Waals surface area contributed by atoms with Crippen LogP contribution in [-0.2, 0) is 14.3 Å². The molecule has 0 N–H and O–H groups in total. The Morgan fingerprint density at radius 3 is 2.29 bits per heavy atom. The first-order valence-electron chi connectivity index (χ1n) is 3.68. The predicted molar refractivity (Wildman–Crippen MR) is 40.0 cm³/mol. The summed E-state index contributed by atoms with van der Waals surface area (Å²) >= 11 is 0. The van der Waals surface area contributed by atoms with Crippen LogP contribution in [0.25, 0.3) is 0 Å². The number of aliphatic carboxylic acids is 1. The van der Waals surface area contributed by atoms with Crippen LogP contribution in [0.4, 0.5) is 8.78 Å². The van der Waals surface area contributed by atoms with Crippen molar-refractivity contribution in [3.05, 3.63) is 12.2 Å². The maximum Gasteiger partial charge on any atom is 0.389 e. The van der Waals surface area contributed by atoms with Crippen molar-refractivity contribution in [3.63, 3.8) is 0 Å². The fraction of sp³-hybridized carbons (Fsp3) is 0.500. The molecule has 80 valence electrons. The van der Waals surface area contributed by atoms with Gasteiger partial charge in [0.15, 0.2) is 0 Å². The number of rotatable bonds is 5. The van der Waals surface area contributed by atoms with E-state index in [9.17, 15) is 23.5 Å². The molecule has 0 saturated heterocycles. The molecule has 0 radical (unpaired) electrons. The van der Waals surface area contributed by atoms with Gasteiger partial charge in [-0.1, -0.05) is 5.57 Å². The highest BCUT2D eigenvalue weighted by molar-refractivity contribution is 5.93. The van der Waals surface area contributed by atoms with Crippen LogP contribution in [0.2, 0.25) is 0 Å². The molecule has 1 unspecified atom stereocenters. The Labute approximate surface area is 79.2 Å². The molecule has 0 aliphatic carbocycles. The molecule has 0 aromatic rings. The van der Waals surface area contributed by atoms with Crippen molar-refractivity contribution >= 4 is 11.9 Å². The lowest BCUT2D eigenvalue weighted by atomic mass is 10.0. The van der Waals surface area contributed by atoms with Gasteiger partial charge in [-0.25, -0.2) is 0 Å². The van der Waals surface area contributed by atoms with Gasteiger partial charge in [0.1, 0.15) is 5.92 Å².